The average molecular weight is 341 g/mol. The number of amides is 1. The van der Waals surface area contributed by atoms with Crippen LogP contribution in [0.2, 0.25) is 0 Å². The Morgan fingerprint density at radius 1 is 1.32 bits per heavy atom. The molecule has 0 unspecified atom stereocenters. The van der Waals surface area contributed by atoms with Crippen molar-refractivity contribution in [3.8, 4) is 6.19 Å². The van der Waals surface area contributed by atoms with Crippen molar-refractivity contribution in [1.29, 1.82) is 5.26 Å². The Bertz CT molecular complexity index is 807. The van der Waals surface area contributed by atoms with Gasteiger partial charge in [0.25, 0.3) is 0 Å². The maximum absolute atomic E-state index is 12.2. The third-order valence-electron chi connectivity index (χ3n) is 4.24. The molecule has 1 amide bonds. The fraction of sp³-hybridized carbons (Fsp3) is 0.500. The second kappa shape index (κ2) is 6.63. The van der Waals surface area contributed by atoms with Crippen LogP contribution < -0.4 is 5.32 Å². The number of carbonyl (C=O) groups is 1. The van der Waals surface area contributed by atoms with Crippen molar-refractivity contribution >= 4 is 23.1 Å². The largest absolute Gasteiger partial charge is 0.444 e. The van der Waals surface area contributed by atoms with Crippen LogP contribution in [0.4, 0.5) is 10.7 Å². The summed E-state index contributed by atoms with van der Waals surface area (Å²) in [5.74, 6) is 0.555. The van der Waals surface area contributed by atoms with E-state index in [2.05, 4.69) is 14.9 Å². The molecular weight excluding hydrogens is 318 g/mol. The molecule has 1 fully saturated rings. The molecule has 3 rings (SSSR count). The number of para-hydroxylation sites is 2. The summed E-state index contributed by atoms with van der Waals surface area (Å²) < 4.78 is 7.52. The molecule has 7 nitrogen and oxygen atoms in total. The van der Waals surface area contributed by atoms with E-state index in [1.807, 2.05) is 51.2 Å². The van der Waals surface area contributed by atoms with Gasteiger partial charge in [0.15, 0.2) is 6.19 Å². The van der Waals surface area contributed by atoms with Crippen LogP contribution in [0.3, 0.4) is 0 Å². The number of ether oxygens (including phenoxy) is 1. The molecule has 2 aromatic rings. The molecule has 2 heterocycles. The van der Waals surface area contributed by atoms with Crippen molar-refractivity contribution in [2.75, 3.05) is 18.4 Å². The Hall–Kier alpha value is -2.75. The van der Waals surface area contributed by atoms with Crippen molar-refractivity contribution in [2.45, 2.75) is 45.3 Å². The van der Waals surface area contributed by atoms with Crippen molar-refractivity contribution in [2.24, 2.45) is 0 Å². The van der Waals surface area contributed by atoms with Gasteiger partial charge in [-0.05, 0) is 45.7 Å². The number of nitrogens with one attached hydrogen (secondary N) is 1. The summed E-state index contributed by atoms with van der Waals surface area (Å²) in [5.41, 5.74) is 1.36. The summed E-state index contributed by atoms with van der Waals surface area (Å²) in [4.78, 5) is 18.5. The summed E-state index contributed by atoms with van der Waals surface area (Å²) in [5, 5.41) is 11.7. The van der Waals surface area contributed by atoms with E-state index in [4.69, 9.17) is 10.00 Å². The molecule has 132 valence electrons. The van der Waals surface area contributed by atoms with Gasteiger partial charge in [-0.1, -0.05) is 12.1 Å². The lowest BCUT2D eigenvalue weighted by Gasteiger charge is -2.34. The number of nitriles is 1. The summed E-state index contributed by atoms with van der Waals surface area (Å²) in [6.45, 7) is 6.86. The number of fused-ring (bicyclic) bond motifs is 1. The highest BCUT2D eigenvalue weighted by atomic mass is 16.6. The number of hydrogen-bond acceptors (Lipinski definition) is 5. The maximum atomic E-state index is 12.2. The number of carbonyl (C=O) groups excluding carboxylic acids is 1. The normalized spacial score (nSPS) is 15.8. The van der Waals surface area contributed by atoms with Gasteiger partial charge in [-0.25, -0.2) is 9.78 Å². The van der Waals surface area contributed by atoms with E-state index in [1.54, 1.807) is 4.90 Å². The standard InChI is InChI=1S/C18H23N5O2/c1-18(2,3)25-17(24)22-10-8-13(9-11-22)23-15-7-5-4-6-14(15)21-16(23)20-12-19/h4-7,13H,8-11H2,1-3H3,(H,20,21). The number of aromatic nitrogens is 2. The van der Waals surface area contributed by atoms with Crippen LogP contribution in [-0.2, 0) is 4.74 Å². The van der Waals surface area contributed by atoms with E-state index in [0.717, 1.165) is 23.9 Å². The molecule has 1 aromatic heterocycles. The van der Waals surface area contributed by atoms with Gasteiger partial charge in [0, 0.05) is 19.1 Å². The summed E-state index contributed by atoms with van der Waals surface area (Å²) in [7, 11) is 0. The van der Waals surface area contributed by atoms with Crippen molar-refractivity contribution in [3.05, 3.63) is 24.3 Å². The van der Waals surface area contributed by atoms with Crippen molar-refractivity contribution in [1.82, 2.24) is 14.5 Å². The molecule has 0 radical (unpaired) electrons. The lowest BCUT2D eigenvalue weighted by Crippen LogP contribution is -2.42. The van der Waals surface area contributed by atoms with Gasteiger partial charge in [-0.2, -0.15) is 5.26 Å². The fourth-order valence-corrected chi connectivity index (χ4v) is 3.19. The zero-order chi connectivity index (χ0) is 18.0. The minimum Gasteiger partial charge on any atom is -0.444 e. The van der Waals surface area contributed by atoms with Gasteiger partial charge in [0.05, 0.1) is 11.0 Å². The minimum atomic E-state index is -0.488. The molecule has 1 saturated heterocycles. The molecule has 0 saturated carbocycles. The third-order valence-corrected chi connectivity index (χ3v) is 4.24. The molecular formula is C18H23N5O2. The molecule has 1 aliphatic rings. The van der Waals surface area contributed by atoms with Gasteiger partial charge in [-0.3, -0.25) is 5.32 Å². The summed E-state index contributed by atoms with van der Waals surface area (Å²) in [6, 6.07) is 8.02. The third kappa shape index (κ3) is 3.68. The van der Waals surface area contributed by atoms with E-state index < -0.39 is 5.60 Å². The van der Waals surface area contributed by atoms with E-state index in [-0.39, 0.29) is 12.1 Å². The van der Waals surface area contributed by atoms with Crippen LogP contribution in [0.5, 0.6) is 0 Å². The van der Waals surface area contributed by atoms with Crippen LogP contribution in [0, 0.1) is 11.5 Å². The first-order valence-electron chi connectivity index (χ1n) is 8.49. The molecule has 0 aliphatic carbocycles. The first-order valence-corrected chi connectivity index (χ1v) is 8.49. The Morgan fingerprint density at radius 3 is 2.64 bits per heavy atom. The average Bonchev–Trinajstić information content (AvgIpc) is 2.92. The Morgan fingerprint density at radius 2 is 2.00 bits per heavy atom. The predicted molar refractivity (Wildman–Crippen MR) is 95.0 cm³/mol. The van der Waals surface area contributed by atoms with Crippen molar-refractivity contribution < 1.29 is 9.53 Å². The molecule has 0 bridgehead atoms. The molecule has 1 N–H and O–H groups in total. The highest BCUT2D eigenvalue weighted by Crippen LogP contribution is 2.31. The molecule has 1 aliphatic heterocycles. The second-order valence-electron chi connectivity index (χ2n) is 7.23. The van der Waals surface area contributed by atoms with Gasteiger partial charge in [-0.15, -0.1) is 0 Å². The predicted octanol–water partition coefficient (Wildman–Crippen LogP) is 3.50. The zero-order valence-corrected chi connectivity index (χ0v) is 14.8. The van der Waals surface area contributed by atoms with E-state index in [0.29, 0.717) is 19.0 Å². The summed E-state index contributed by atoms with van der Waals surface area (Å²) in [6.07, 6.45) is 3.28. The minimum absolute atomic E-state index is 0.182. The summed E-state index contributed by atoms with van der Waals surface area (Å²) >= 11 is 0. The van der Waals surface area contributed by atoms with Crippen LogP contribution in [0.25, 0.3) is 11.0 Å². The maximum Gasteiger partial charge on any atom is 0.410 e. The van der Waals surface area contributed by atoms with Gasteiger partial charge in [0.2, 0.25) is 5.95 Å². The lowest BCUT2D eigenvalue weighted by atomic mass is 10.0. The van der Waals surface area contributed by atoms with Crippen LogP contribution in [0.1, 0.15) is 39.7 Å². The number of imidazole rings is 1. The monoisotopic (exact) mass is 341 g/mol. The highest BCUT2D eigenvalue weighted by Gasteiger charge is 2.29. The fourth-order valence-electron chi connectivity index (χ4n) is 3.19. The Balaban J connectivity index is 1.77. The molecule has 7 heteroatoms. The van der Waals surface area contributed by atoms with Crippen LogP contribution >= 0.6 is 0 Å². The number of anilines is 1. The van der Waals surface area contributed by atoms with Gasteiger partial charge in [0.1, 0.15) is 5.60 Å². The van der Waals surface area contributed by atoms with E-state index in [9.17, 15) is 4.79 Å². The van der Waals surface area contributed by atoms with Crippen LogP contribution in [-0.4, -0.2) is 39.2 Å². The second-order valence-corrected chi connectivity index (χ2v) is 7.23. The van der Waals surface area contributed by atoms with Gasteiger partial charge >= 0.3 is 6.09 Å². The molecule has 0 spiro atoms. The quantitative estimate of drug-likeness (QED) is 0.667. The number of nitrogens with zero attached hydrogens (tertiary/aromatic N) is 4. The SMILES string of the molecule is CC(C)(C)OC(=O)N1CCC(n2c(NC#N)nc3ccccc32)CC1. The number of piperidine rings is 1. The Labute approximate surface area is 147 Å². The lowest BCUT2D eigenvalue weighted by molar-refractivity contribution is 0.0190. The number of likely N-dealkylation sites (tertiary alicyclic amines) is 1. The highest BCUT2D eigenvalue weighted by molar-refractivity contribution is 5.79. The number of hydrogen-bond donors (Lipinski definition) is 1. The molecule has 0 atom stereocenters. The van der Waals surface area contributed by atoms with Crippen molar-refractivity contribution in [3.63, 3.8) is 0 Å². The number of benzene rings is 1. The number of rotatable bonds is 2. The molecule has 1 aromatic carbocycles. The van der Waals surface area contributed by atoms with Gasteiger partial charge < -0.3 is 14.2 Å². The zero-order valence-electron chi connectivity index (χ0n) is 14.8. The first-order chi connectivity index (χ1) is 11.9. The van der Waals surface area contributed by atoms with Crippen LogP contribution in [0.15, 0.2) is 24.3 Å². The first kappa shape index (κ1) is 17.1. The topological polar surface area (TPSA) is 83.2 Å². The molecule has 25 heavy (non-hydrogen) atoms. The smallest absolute Gasteiger partial charge is 0.410 e. The van der Waals surface area contributed by atoms with E-state index in [1.165, 1.54) is 0 Å². The van der Waals surface area contributed by atoms with E-state index >= 15 is 0 Å². The Kier molecular flexibility index (Phi) is 4.53.